The normalized spacial score (nSPS) is 23.9. The summed E-state index contributed by atoms with van der Waals surface area (Å²) in [5.74, 6) is 0.629. The van der Waals surface area contributed by atoms with Crippen molar-refractivity contribution < 1.29 is 9.90 Å². The van der Waals surface area contributed by atoms with E-state index < -0.39 is 0 Å². The predicted octanol–water partition coefficient (Wildman–Crippen LogP) is 2.04. The molecule has 1 saturated heterocycles. The lowest BCUT2D eigenvalue weighted by Crippen LogP contribution is -2.34. The Morgan fingerprint density at radius 2 is 2.12 bits per heavy atom. The number of hydrogen-bond acceptors (Lipinski definition) is 2. The van der Waals surface area contributed by atoms with Gasteiger partial charge in [0, 0.05) is 19.5 Å². The molecule has 2 unspecified atom stereocenters. The van der Waals surface area contributed by atoms with Crippen LogP contribution in [0.1, 0.15) is 47.0 Å². The van der Waals surface area contributed by atoms with Crippen molar-refractivity contribution in [1.82, 2.24) is 4.90 Å². The smallest absolute Gasteiger partial charge is 0.223 e. The molecule has 3 nitrogen and oxygen atoms in total. The van der Waals surface area contributed by atoms with Crippen molar-refractivity contribution in [1.29, 1.82) is 0 Å². The molecule has 3 heteroatoms. The van der Waals surface area contributed by atoms with Gasteiger partial charge in [-0.15, -0.1) is 0 Å². The van der Waals surface area contributed by atoms with E-state index in [1.165, 1.54) is 0 Å². The monoisotopic (exact) mass is 227 g/mol. The highest BCUT2D eigenvalue weighted by Gasteiger charge is 2.37. The lowest BCUT2D eigenvalue weighted by Gasteiger charge is -2.27. The highest BCUT2D eigenvalue weighted by Crippen LogP contribution is 2.34. The van der Waals surface area contributed by atoms with Gasteiger partial charge in [-0.25, -0.2) is 0 Å². The third-order valence-electron chi connectivity index (χ3n) is 3.49. The molecule has 0 spiro atoms. The van der Waals surface area contributed by atoms with Crippen molar-refractivity contribution >= 4 is 5.91 Å². The molecule has 94 valence electrons. The van der Waals surface area contributed by atoms with Crippen LogP contribution in [0.4, 0.5) is 0 Å². The number of carbonyl (C=O) groups is 1. The number of nitrogens with zero attached hydrogens (tertiary/aromatic N) is 1. The minimum Gasteiger partial charge on any atom is -0.391 e. The van der Waals surface area contributed by atoms with Crippen molar-refractivity contribution in [3.8, 4) is 0 Å². The van der Waals surface area contributed by atoms with Gasteiger partial charge in [-0.05, 0) is 17.8 Å². The SMILES string of the molecule is CCCC(O)CN1CC(C(C)(C)C)CC1=O. The number of β-amino-alcohol motifs (C(OH)–C–C–N with tert-alkyl or cyclic N) is 1. The van der Waals surface area contributed by atoms with Gasteiger partial charge in [0.25, 0.3) is 0 Å². The molecule has 0 aromatic heterocycles. The average molecular weight is 227 g/mol. The van der Waals surface area contributed by atoms with Crippen LogP contribution >= 0.6 is 0 Å². The third-order valence-corrected chi connectivity index (χ3v) is 3.49. The van der Waals surface area contributed by atoms with E-state index in [1.807, 2.05) is 11.8 Å². The van der Waals surface area contributed by atoms with E-state index in [0.717, 1.165) is 19.4 Å². The molecule has 0 aromatic carbocycles. The van der Waals surface area contributed by atoms with Gasteiger partial charge in [-0.2, -0.15) is 0 Å². The summed E-state index contributed by atoms with van der Waals surface area (Å²) in [5, 5.41) is 9.72. The second kappa shape index (κ2) is 5.17. The van der Waals surface area contributed by atoms with Crippen LogP contribution in [-0.4, -0.2) is 35.1 Å². The van der Waals surface area contributed by atoms with E-state index in [2.05, 4.69) is 20.8 Å². The minimum atomic E-state index is -0.354. The Morgan fingerprint density at radius 1 is 1.50 bits per heavy atom. The lowest BCUT2D eigenvalue weighted by molar-refractivity contribution is -0.129. The third kappa shape index (κ3) is 3.48. The largest absolute Gasteiger partial charge is 0.391 e. The van der Waals surface area contributed by atoms with E-state index in [4.69, 9.17) is 0 Å². The maximum Gasteiger partial charge on any atom is 0.223 e. The highest BCUT2D eigenvalue weighted by atomic mass is 16.3. The topological polar surface area (TPSA) is 40.5 Å². The van der Waals surface area contributed by atoms with Crippen LogP contribution in [0, 0.1) is 11.3 Å². The Hall–Kier alpha value is -0.570. The average Bonchev–Trinajstić information content (AvgIpc) is 2.47. The number of hydrogen-bond donors (Lipinski definition) is 1. The molecule has 1 heterocycles. The Balaban J connectivity index is 2.49. The van der Waals surface area contributed by atoms with Crippen LogP contribution in [0.2, 0.25) is 0 Å². The fourth-order valence-corrected chi connectivity index (χ4v) is 2.21. The molecule has 1 aliphatic rings. The number of carbonyl (C=O) groups excluding carboxylic acids is 1. The summed E-state index contributed by atoms with van der Waals surface area (Å²) in [7, 11) is 0. The summed E-state index contributed by atoms with van der Waals surface area (Å²) in [6.07, 6.45) is 2.03. The standard InChI is InChI=1S/C13H25NO2/c1-5-6-11(15)9-14-8-10(7-12(14)16)13(2,3)4/h10-11,15H,5-9H2,1-4H3. The molecule has 1 amide bonds. The first-order chi connectivity index (χ1) is 7.34. The van der Waals surface area contributed by atoms with E-state index in [-0.39, 0.29) is 17.4 Å². The van der Waals surface area contributed by atoms with E-state index in [9.17, 15) is 9.90 Å². The zero-order valence-electron chi connectivity index (χ0n) is 11.0. The molecule has 16 heavy (non-hydrogen) atoms. The zero-order valence-corrected chi connectivity index (χ0v) is 11.0. The second-order valence-corrected chi connectivity index (χ2v) is 6.01. The van der Waals surface area contributed by atoms with Crippen LogP contribution in [0.5, 0.6) is 0 Å². The molecule has 1 rings (SSSR count). The molecule has 0 radical (unpaired) electrons. The summed E-state index contributed by atoms with van der Waals surface area (Å²) < 4.78 is 0. The lowest BCUT2D eigenvalue weighted by atomic mass is 9.80. The molecule has 2 atom stereocenters. The van der Waals surface area contributed by atoms with E-state index in [0.29, 0.717) is 18.9 Å². The van der Waals surface area contributed by atoms with Gasteiger partial charge in [0.15, 0.2) is 0 Å². The number of rotatable bonds is 4. The number of likely N-dealkylation sites (tertiary alicyclic amines) is 1. The van der Waals surface area contributed by atoms with Crippen molar-refractivity contribution in [2.24, 2.45) is 11.3 Å². The number of aliphatic hydroxyl groups excluding tert-OH is 1. The van der Waals surface area contributed by atoms with E-state index >= 15 is 0 Å². The van der Waals surface area contributed by atoms with Crippen molar-refractivity contribution in [3.63, 3.8) is 0 Å². The van der Waals surface area contributed by atoms with Gasteiger partial charge < -0.3 is 10.0 Å². The minimum absolute atomic E-state index is 0.181. The Bertz CT molecular complexity index is 245. The molecule has 1 aliphatic heterocycles. The summed E-state index contributed by atoms with van der Waals surface area (Å²) in [5.41, 5.74) is 0.181. The number of aliphatic hydroxyl groups is 1. The van der Waals surface area contributed by atoms with Crippen LogP contribution in [0.15, 0.2) is 0 Å². The first-order valence-electron chi connectivity index (χ1n) is 6.30. The van der Waals surface area contributed by atoms with Crippen LogP contribution < -0.4 is 0 Å². The summed E-state index contributed by atoms with van der Waals surface area (Å²) in [6, 6.07) is 0. The van der Waals surface area contributed by atoms with Crippen LogP contribution in [0.3, 0.4) is 0 Å². The van der Waals surface area contributed by atoms with Gasteiger partial charge in [0.2, 0.25) is 5.91 Å². The quantitative estimate of drug-likeness (QED) is 0.798. The highest BCUT2D eigenvalue weighted by molar-refractivity contribution is 5.78. The van der Waals surface area contributed by atoms with Gasteiger partial charge in [-0.1, -0.05) is 34.1 Å². The van der Waals surface area contributed by atoms with E-state index in [1.54, 1.807) is 0 Å². The van der Waals surface area contributed by atoms with Crippen LogP contribution in [0.25, 0.3) is 0 Å². The molecular formula is C13H25NO2. The van der Waals surface area contributed by atoms with Crippen LogP contribution in [-0.2, 0) is 4.79 Å². The second-order valence-electron chi connectivity index (χ2n) is 6.01. The fraction of sp³-hybridized carbons (Fsp3) is 0.923. The van der Waals surface area contributed by atoms with Gasteiger partial charge >= 0.3 is 0 Å². The molecule has 0 saturated carbocycles. The van der Waals surface area contributed by atoms with Crippen molar-refractivity contribution in [2.75, 3.05) is 13.1 Å². The molecule has 0 aromatic rings. The van der Waals surface area contributed by atoms with Gasteiger partial charge in [0.05, 0.1) is 6.10 Å². The fourth-order valence-electron chi connectivity index (χ4n) is 2.21. The Kier molecular flexibility index (Phi) is 4.36. The maximum atomic E-state index is 11.8. The van der Waals surface area contributed by atoms with Gasteiger partial charge in [0.1, 0.15) is 0 Å². The Labute approximate surface area is 98.8 Å². The molecule has 1 fully saturated rings. The van der Waals surface area contributed by atoms with Crippen molar-refractivity contribution in [2.45, 2.75) is 53.1 Å². The summed E-state index contributed by atoms with van der Waals surface area (Å²) >= 11 is 0. The predicted molar refractivity (Wildman–Crippen MR) is 65.1 cm³/mol. The molecule has 1 N–H and O–H groups in total. The Morgan fingerprint density at radius 3 is 2.56 bits per heavy atom. The van der Waals surface area contributed by atoms with Gasteiger partial charge in [-0.3, -0.25) is 4.79 Å². The maximum absolute atomic E-state index is 11.8. The summed E-state index contributed by atoms with van der Waals surface area (Å²) in [4.78, 5) is 13.6. The first-order valence-corrected chi connectivity index (χ1v) is 6.30. The first kappa shape index (κ1) is 13.5. The summed E-state index contributed by atoms with van der Waals surface area (Å²) in [6.45, 7) is 9.90. The zero-order chi connectivity index (χ0) is 12.3. The molecule has 0 bridgehead atoms. The molecule has 0 aliphatic carbocycles. The number of amides is 1. The van der Waals surface area contributed by atoms with Crippen molar-refractivity contribution in [3.05, 3.63) is 0 Å². The molecular weight excluding hydrogens is 202 g/mol.